The molecule has 1 fully saturated rings. The number of piperazine rings is 1. The van der Waals surface area contributed by atoms with E-state index in [9.17, 15) is 9.59 Å². The van der Waals surface area contributed by atoms with E-state index in [0.29, 0.717) is 36.6 Å². The van der Waals surface area contributed by atoms with Gasteiger partial charge in [-0.1, -0.05) is 6.92 Å². The minimum absolute atomic E-state index is 0.00207. The third-order valence-corrected chi connectivity index (χ3v) is 3.87. The Balaban J connectivity index is 1.72. The molecule has 6 heteroatoms. The summed E-state index contributed by atoms with van der Waals surface area (Å²) in [6.07, 6.45) is 0.695. The maximum absolute atomic E-state index is 12.4. The van der Waals surface area contributed by atoms with Crippen LogP contribution in [0.2, 0.25) is 0 Å². The van der Waals surface area contributed by atoms with E-state index in [1.807, 2.05) is 11.8 Å². The van der Waals surface area contributed by atoms with Crippen LogP contribution in [0.4, 0.5) is 0 Å². The standard InChI is InChI=1S/C15H18N2O4/c1-2-11-15(19)16-5-6-17(11)8-12(18)10-3-4-13-14(7-10)21-9-20-13/h3-4,7,11H,2,5-6,8-9H2,1H3,(H,16,19). The number of nitrogens with one attached hydrogen (secondary N) is 1. The minimum atomic E-state index is -0.225. The monoisotopic (exact) mass is 290 g/mol. The summed E-state index contributed by atoms with van der Waals surface area (Å²) in [5, 5.41) is 2.83. The molecule has 1 aromatic rings. The number of ketones is 1. The van der Waals surface area contributed by atoms with Crippen molar-refractivity contribution < 1.29 is 19.1 Å². The summed E-state index contributed by atoms with van der Waals surface area (Å²) >= 11 is 0. The van der Waals surface area contributed by atoms with Gasteiger partial charge in [0, 0.05) is 18.7 Å². The fraction of sp³-hybridized carbons (Fsp3) is 0.467. The molecule has 2 aliphatic rings. The van der Waals surface area contributed by atoms with E-state index >= 15 is 0 Å². The van der Waals surface area contributed by atoms with Crippen LogP contribution in [-0.2, 0) is 4.79 Å². The molecule has 112 valence electrons. The summed E-state index contributed by atoms with van der Waals surface area (Å²) in [6.45, 7) is 3.67. The first-order valence-electron chi connectivity index (χ1n) is 7.13. The first kappa shape index (κ1) is 13.9. The minimum Gasteiger partial charge on any atom is -0.454 e. The molecule has 1 saturated heterocycles. The predicted molar refractivity (Wildman–Crippen MR) is 75.6 cm³/mol. The fourth-order valence-corrected chi connectivity index (χ4v) is 2.74. The lowest BCUT2D eigenvalue weighted by Crippen LogP contribution is -2.56. The Morgan fingerprint density at radius 3 is 3.00 bits per heavy atom. The Bertz CT molecular complexity index is 573. The second-order valence-corrected chi connectivity index (χ2v) is 5.18. The lowest BCUT2D eigenvalue weighted by molar-refractivity contribution is -0.128. The fourth-order valence-electron chi connectivity index (χ4n) is 2.74. The first-order chi connectivity index (χ1) is 10.2. The number of carbonyl (C=O) groups is 2. The van der Waals surface area contributed by atoms with Gasteiger partial charge in [0.05, 0.1) is 12.6 Å². The van der Waals surface area contributed by atoms with Crippen LogP contribution in [0.15, 0.2) is 18.2 Å². The van der Waals surface area contributed by atoms with Crippen molar-refractivity contribution in [3.63, 3.8) is 0 Å². The van der Waals surface area contributed by atoms with Gasteiger partial charge >= 0.3 is 0 Å². The van der Waals surface area contributed by atoms with Gasteiger partial charge in [0.25, 0.3) is 0 Å². The molecule has 0 spiro atoms. The van der Waals surface area contributed by atoms with Gasteiger partial charge in [-0.2, -0.15) is 0 Å². The van der Waals surface area contributed by atoms with Crippen molar-refractivity contribution in [2.45, 2.75) is 19.4 Å². The lowest BCUT2D eigenvalue weighted by Gasteiger charge is -2.33. The molecule has 1 N–H and O–H groups in total. The number of rotatable bonds is 4. The van der Waals surface area contributed by atoms with E-state index in [4.69, 9.17) is 9.47 Å². The van der Waals surface area contributed by atoms with Crippen molar-refractivity contribution in [3.05, 3.63) is 23.8 Å². The maximum atomic E-state index is 12.4. The van der Waals surface area contributed by atoms with Crippen LogP contribution >= 0.6 is 0 Å². The third-order valence-electron chi connectivity index (χ3n) is 3.87. The molecule has 2 heterocycles. The molecule has 0 bridgehead atoms. The molecule has 0 aromatic heterocycles. The van der Waals surface area contributed by atoms with Gasteiger partial charge in [-0.15, -0.1) is 0 Å². The largest absolute Gasteiger partial charge is 0.454 e. The van der Waals surface area contributed by atoms with Gasteiger partial charge in [0.15, 0.2) is 17.3 Å². The highest BCUT2D eigenvalue weighted by Crippen LogP contribution is 2.32. The van der Waals surface area contributed by atoms with Crippen LogP contribution in [0, 0.1) is 0 Å². The highest BCUT2D eigenvalue weighted by atomic mass is 16.7. The molecule has 1 aromatic carbocycles. The van der Waals surface area contributed by atoms with Crippen LogP contribution < -0.4 is 14.8 Å². The number of nitrogens with zero attached hydrogens (tertiary/aromatic N) is 1. The number of benzene rings is 1. The van der Waals surface area contributed by atoms with Gasteiger partial charge in [0.1, 0.15) is 0 Å². The lowest BCUT2D eigenvalue weighted by atomic mass is 10.1. The summed E-state index contributed by atoms with van der Waals surface area (Å²) in [6, 6.07) is 4.96. The van der Waals surface area contributed by atoms with Crippen molar-refractivity contribution in [2.24, 2.45) is 0 Å². The Morgan fingerprint density at radius 1 is 1.38 bits per heavy atom. The van der Waals surface area contributed by atoms with Crippen LogP contribution in [0.3, 0.4) is 0 Å². The summed E-state index contributed by atoms with van der Waals surface area (Å²) in [7, 11) is 0. The zero-order chi connectivity index (χ0) is 14.8. The highest BCUT2D eigenvalue weighted by molar-refractivity contribution is 5.98. The number of Topliss-reactive ketones (excluding diaryl/α,β-unsaturated/α-hetero) is 1. The SMILES string of the molecule is CCC1C(=O)NCCN1CC(=O)c1ccc2c(c1)OCO2. The average Bonchev–Trinajstić information content (AvgIpc) is 2.94. The van der Waals surface area contributed by atoms with Crippen LogP contribution in [0.5, 0.6) is 11.5 Å². The number of hydrogen-bond acceptors (Lipinski definition) is 5. The molecule has 1 amide bonds. The van der Waals surface area contributed by atoms with Gasteiger partial charge in [-0.25, -0.2) is 0 Å². The van der Waals surface area contributed by atoms with Crippen LogP contribution in [0.1, 0.15) is 23.7 Å². The van der Waals surface area contributed by atoms with Crippen molar-refractivity contribution in [1.29, 1.82) is 0 Å². The molecule has 0 aliphatic carbocycles. The van der Waals surface area contributed by atoms with Crippen molar-refractivity contribution in [2.75, 3.05) is 26.4 Å². The van der Waals surface area contributed by atoms with Crippen molar-refractivity contribution >= 4 is 11.7 Å². The van der Waals surface area contributed by atoms with E-state index in [2.05, 4.69) is 5.32 Å². The van der Waals surface area contributed by atoms with E-state index < -0.39 is 0 Å². The number of amides is 1. The van der Waals surface area contributed by atoms with E-state index in [-0.39, 0.29) is 31.1 Å². The molecule has 21 heavy (non-hydrogen) atoms. The molecule has 1 atom stereocenters. The molecular weight excluding hydrogens is 272 g/mol. The maximum Gasteiger partial charge on any atom is 0.237 e. The molecule has 1 unspecified atom stereocenters. The van der Waals surface area contributed by atoms with Crippen LogP contribution in [0.25, 0.3) is 0 Å². The number of hydrogen-bond donors (Lipinski definition) is 1. The zero-order valence-electron chi connectivity index (χ0n) is 11.9. The van der Waals surface area contributed by atoms with Crippen molar-refractivity contribution in [1.82, 2.24) is 10.2 Å². The van der Waals surface area contributed by atoms with E-state index in [0.717, 1.165) is 0 Å². The van der Waals surface area contributed by atoms with Crippen LogP contribution in [-0.4, -0.2) is 49.1 Å². The number of fused-ring (bicyclic) bond motifs is 1. The Morgan fingerprint density at radius 2 is 2.19 bits per heavy atom. The summed E-state index contributed by atoms with van der Waals surface area (Å²) in [5.41, 5.74) is 0.583. The topological polar surface area (TPSA) is 67.9 Å². The average molecular weight is 290 g/mol. The molecule has 0 radical (unpaired) electrons. The zero-order valence-corrected chi connectivity index (χ0v) is 11.9. The Hall–Kier alpha value is -2.08. The van der Waals surface area contributed by atoms with Crippen molar-refractivity contribution in [3.8, 4) is 11.5 Å². The summed E-state index contributed by atoms with van der Waals surface area (Å²) in [5.74, 6) is 1.25. The second kappa shape index (κ2) is 5.73. The number of ether oxygens (including phenoxy) is 2. The Kier molecular flexibility index (Phi) is 3.79. The summed E-state index contributed by atoms with van der Waals surface area (Å²) < 4.78 is 10.5. The molecule has 0 saturated carbocycles. The highest BCUT2D eigenvalue weighted by Gasteiger charge is 2.29. The number of carbonyl (C=O) groups excluding carboxylic acids is 2. The third kappa shape index (κ3) is 2.71. The second-order valence-electron chi connectivity index (χ2n) is 5.18. The smallest absolute Gasteiger partial charge is 0.237 e. The molecule has 3 rings (SSSR count). The predicted octanol–water partition coefficient (Wildman–Crippen LogP) is 0.808. The van der Waals surface area contributed by atoms with Gasteiger partial charge in [-0.3, -0.25) is 14.5 Å². The molecule has 6 nitrogen and oxygen atoms in total. The van der Waals surface area contributed by atoms with Gasteiger partial charge < -0.3 is 14.8 Å². The first-order valence-corrected chi connectivity index (χ1v) is 7.13. The van der Waals surface area contributed by atoms with E-state index in [1.54, 1.807) is 18.2 Å². The molecular formula is C15H18N2O4. The van der Waals surface area contributed by atoms with E-state index in [1.165, 1.54) is 0 Å². The quantitative estimate of drug-likeness (QED) is 0.831. The molecule has 2 aliphatic heterocycles. The van der Waals surface area contributed by atoms with Gasteiger partial charge in [0.2, 0.25) is 12.7 Å². The Labute approximate surface area is 123 Å². The normalized spacial score (nSPS) is 21.2. The van der Waals surface area contributed by atoms with Gasteiger partial charge in [-0.05, 0) is 24.6 Å². The summed E-state index contributed by atoms with van der Waals surface area (Å²) in [4.78, 5) is 26.2.